The molecule has 0 saturated carbocycles. The van der Waals surface area contributed by atoms with E-state index in [1.807, 2.05) is 67.6 Å². The molecule has 5 nitrogen and oxygen atoms in total. The fraction of sp³-hybridized carbons (Fsp3) is 0.259. The predicted octanol–water partition coefficient (Wildman–Crippen LogP) is 5.48. The lowest BCUT2D eigenvalue weighted by Gasteiger charge is -2.15. The molecule has 0 atom stereocenters. The summed E-state index contributed by atoms with van der Waals surface area (Å²) >= 11 is 0. The minimum Gasteiger partial charge on any atom is -0.491 e. The van der Waals surface area contributed by atoms with Crippen molar-refractivity contribution in [2.45, 2.75) is 39.8 Å². The second-order valence-corrected chi connectivity index (χ2v) is 8.26. The zero-order valence-corrected chi connectivity index (χ0v) is 18.8. The first-order valence-electron chi connectivity index (χ1n) is 11.0. The molecule has 0 fully saturated rings. The molecule has 0 bridgehead atoms. The molecule has 0 radical (unpaired) electrons. The SMILES string of the molecule is Cc1cccc(C(=O)NCc2nc3ccccc3n2CCOc2ccccc2C(C)C)c1. The van der Waals surface area contributed by atoms with E-state index in [2.05, 4.69) is 35.9 Å². The molecule has 0 saturated heterocycles. The smallest absolute Gasteiger partial charge is 0.251 e. The molecule has 1 heterocycles. The van der Waals surface area contributed by atoms with Crippen molar-refractivity contribution in [3.05, 3.63) is 95.3 Å². The van der Waals surface area contributed by atoms with Crippen LogP contribution in [0.5, 0.6) is 5.75 Å². The van der Waals surface area contributed by atoms with Gasteiger partial charge in [0, 0.05) is 5.56 Å². The fourth-order valence-corrected chi connectivity index (χ4v) is 3.89. The first-order chi connectivity index (χ1) is 15.5. The van der Waals surface area contributed by atoms with Gasteiger partial charge in [-0.1, -0.05) is 61.9 Å². The third kappa shape index (κ3) is 4.83. The Morgan fingerprint density at radius 2 is 1.81 bits per heavy atom. The number of ether oxygens (including phenoxy) is 1. The van der Waals surface area contributed by atoms with Gasteiger partial charge in [0.1, 0.15) is 18.2 Å². The molecule has 3 aromatic carbocycles. The van der Waals surface area contributed by atoms with E-state index in [1.165, 1.54) is 5.56 Å². The maximum Gasteiger partial charge on any atom is 0.251 e. The molecular weight excluding hydrogens is 398 g/mol. The number of fused-ring (bicyclic) bond motifs is 1. The van der Waals surface area contributed by atoms with Crippen molar-refractivity contribution >= 4 is 16.9 Å². The molecule has 4 aromatic rings. The van der Waals surface area contributed by atoms with Gasteiger partial charge in [-0.05, 0) is 48.7 Å². The van der Waals surface area contributed by atoms with E-state index < -0.39 is 0 Å². The molecule has 0 aliphatic heterocycles. The topological polar surface area (TPSA) is 56.2 Å². The van der Waals surface area contributed by atoms with Crippen molar-refractivity contribution in [2.24, 2.45) is 0 Å². The highest BCUT2D eigenvalue weighted by atomic mass is 16.5. The van der Waals surface area contributed by atoms with E-state index in [0.29, 0.717) is 31.2 Å². The van der Waals surface area contributed by atoms with Crippen LogP contribution in [0.15, 0.2) is 72.8 Å². The lowest BCUT2D eigenvalue weighted by Crippen LogP contribution is -2.25. The van der Waals surface area contributed by atoms with Crippen LogP contribution in [0.3, 0.4) is 0 Å². The number of nitrogens with one attached hydrogen (secondary N) is 1. The molecule has 0 aliphatic carbocycles. The predicted molar refractivity (Wildman–Crippen MR) is 128 cm³/mol. The van der Waals surface area contributed by atoms with E-state index in [0.717, 1.165) is 28.2 Å². The van der Waals surface area contributed by atoms with Gasteiger partial charge in [0.2, 0.25) is 0 Å². The summed E-state index contributed by atoms with van der Waals surface area (Å²) in [5.74, 6) is 2.02. The van der Waals surface area contributed by atoms with Gasteiger partial charge in [-0.2, -0.15) is 0 Å². The summed E-state index contributed by atoms with van der Waals surface area (Å²) in [6, 6.07) is 23.8. The molecule has 5 heteroatoms. The largest absolute Gasteiger partial charge is 0.491 e. The summed E-state index contributed by atoms with van der Waals surface area (Å²) in [7, 11) is 0. The number of carbonyl (C=O) groups excluding carboxylic acids is 1. The number of amides is 1. The Bertz CT molecular complexity index is 1230. The number of imidazole rings is 1. The average molecular weight is 428 g/mol. The van der Waals surface area contributed by atoms with Crippen LogP contribution in [0.2, 0.25) is 0 Å². The maximum atomic E-state index is 12.6. The Balaban J connectivity index is 1.50. The quantitative estimate of drug-likeness (QED) is 0.405. The minimum atomic E-state index is -0.102. The first-order valence-corrected chi connectivity index (χ1v) is 11.0. The molecule has 32 heavy (non-hydrogen) atoms. The molecule has 1 amide bonds. The van der Waals surface area contributed by atoms with Gasteiger partial charge < -0.3 is 14.6 Å². The van der Waals surface area contributed by atoms with E-state index in [1.54, 1.807) is 0 Å². The lowest BCUT2D eigenvalue weighted by molar-refractivity contribution is 0.0949. The Kier molecular flexibility index (Phi) is 6.55. The number of nitrogens with zero attached hydrogens (tertiary/aromatic N) is 2. The standard InChI is InChI=1S/C27H29N3O2/c1-19(2)22-11-4-7-14-25(22)32-16-15-30-24-13-6-5-12-23(24)29-26(30)18-28-27(31)21-10-8-9-20(3)17-21/h4-14,17,19H,15-16,18H2,1-3H3,(H,28,31). The van der Waals surface area contributed by atoms with E-state index in [4.69, 9.17) is 9.72 Å². The number of benzene rings is 3. The van der Waals surface area contributed by atoms with Gasteiger partial charge in [-0.3, -0.25) is 4.79 Å². The van der Waals surface area contributed by atoms with E-state index in [-0.39, 0.29) is 5.91 Å². The summed E-state index contributed by atoms with van der Waals surface area (Å²) < 4.78 is 8.28. The Hall–Kier alpha value is -3.60. The van der Waals surface area contributed by atoms with E-state index in [9.17, 15) is 4.79 Å². The van der Waals surface area contributed by atoms with Gasteiger partial charge in [0.15, 0.2) is 0 Å². The van der Waals surface area contributed by atoms with Crippen molar-refractivity contribution in [1.82, 2.24) is 14.9 Å². The van der Waals surface area contributed by atoms with Gasteiger partial charge in [-0.15, -0.1) is 0 Å². The van der Waals surface area contributed by atoms with Crippen LogP contribution in [-0.4, -0.2) is 22.1 Å². The number of hydrogen-bond donors (Lipinski definition) is 1. The monoisotopic (exact) mass is 427 g/mol. The van der Waals surface area contributed by atoms with Crippen molar-refractivity contribution in [3.8, 4) is 5.75 Å². The summed E-state index contributed by atoms with van der Waals surface area (Å²) in [5, 5.41) is 3.01. The molecule has 164 valence electrons. The summed E-state index contributed by atoms with van der Waals surface area (Å²) in [6.07, 6.45) is 0. The number of carbonyl (C=O) groups is 1. The molecule has 4 rings (SSSR count). The van der Waals surface area contributed by atoms with Gasteiger partial charge in [-0.25, -0.2) is 4.98 Å². The molecular formula is C27H29N3O2. The summed E-state index contributed by atoms with van der Waals surface area (Å²) in [6.45, 7) is 7.82. The van der Waals surface area contributed by atoms with Crippen LogP contribution in [0, 0.1) is 6.92 Å². The Labute approximate surface area is 189 Å². The number of para-hydroxylation sites is 3. The van der Waals surface area contributed by atoms with E-state index >= 15 is 0 Å². The summed E-state index contributed by atoms with van der Waals surface area (Å²) in [5.41, 5.74) is 4.86. The fourth-order valence-electron chi connectivity index (χ4n) is 3.89. The van der Waals surface area contributed by atoms with Crippen LogP contribution in [0.25, 0.3) is 11.0 Å². The van der Waals surface area contributed by atoms with Crippen LogP contribution in [0.4, 0.5) is 0 Å². The van der Waals surface area contributed by atoms with Crippen molar-refractivity contribution in [1.29, 1.82) is 0 Å². The highest BCUT2D eigenvalue weighted by molar-refractivity contribution is 5.94. The molecule has 1 aromatic heterocycles. The first kappa shape index (κ1) is 21.6. The minimum absolute atomic E-state index is 0.102. The number of aryl methyl sites for hydroxylation is 1. The number of rotatable bonds is 8. The summed E-state index contributed by atoms with van der Waals surface area (Å²) in [4.78, 5) is 17.4. The van der Waals surface area contributed by atoms with Gasteiger partial charge in [0.05, 0.1) is 24.1 Å². The molecule has 0 aliphatic rings. The highest BCUT2D eigenvalue weighted by Gasteiger charge is 2.13. The van der Waals surface area contributed by atoms with Crippen LogP contribution >= 0.6 is 0 Å². The van der Waals surface area contributed by atoms with Crippen LogP contribution < -0.4 is 10.1 Å². The second kappa shape index (κ2) is 9.69. The average Bonchev–Trinajstić information content (AvgIpc) is 3.15. The van der Waals surface area contributed by atoms with Crippen LogP contribution in [0.1, 0.15) is 47.1 Å². The molecule has 0 unspecified atom stereocenters. The highest BCUT2D eigenvalue weighted by Crippen LogP contribution is 2.26. The third-order valence-corrected chi connectivity index (χ3v) is 5.53. The second-order valence-electron chi connectivity index (χ2n) is 8.26. The van der Waals surface area contributed by atoms with Gasteiger partial charge >= 0.3 is 0 Å². The molecule has 1 N–H and O–H groups in total. The third-order valence-electron chi connectivity index (χ3n) is 5.53. The molecule has 0 spiro atoms. The zero-order chi connectivity index (χ0) is 22.5. The van der Waals surface area contributed by atoms with Crippen molar-refractivity contribution in [3.63, 3.8) is 0 Å². The Morgan fingerprint density at radius 1 is 1.03 bits per heavy atom. The van der Waals surface area contributed by atoms with Crippen LogP contribution in [-0.2, 0) is 13.1 Å². The number of aromatic nitrogens is 2. The van der Waals surface area contributed by atoms with Gasteiger partial charge in [0.25, 0.3) is 5.91 Å². The zero-order valence-electron chi connectivity index (χ0n) is 18.8. The number of hydrogen-bond acceptors (Lipinski definition) is 3. The van der Waals surface area contributed by atoms with Crippen molar-refractivity contribution < 1.29 is 9.53 Å². The normalized spacial score (nSPS) is 11.1. The van der Waals surface area contributed by atoms with Crippen molar-refractivity contribution in [2.75, 3.05) is 6.61 Å². The lowest BCUT2D eigenvalue weighted by atomic mass is 10.0. The Morgan fingerprint density at radius 3 is 2.62 bits per heavy atom. The maximum absolute atomic E-state index is 12.6.